The number of carboxylic acid groups (broad SMARTS) is 1. The van der Waals surface area contributed by atoms with E-state index < -0.39 is 11.5 Å². The molecule has 0 bridgehead atoms. The summed E-state index contributed by atoms with van der Waals surface area (Å²) in [7, 11) is 0. The van der Waals surface area contributed by atoms with E-state index in [0.717, 1.165) is 0 Å². The summed E-state index contributed by atoms with van der Waals surface area (Å²) in [5.41, 5.74) is 1.81. The van der Waals surface area contributed by atoms with Crippen molar-refractivity contribution in [2.45, 2.75) is 6.92 Å². The van der Waals surface area contributed by atoms with E-state index in [1.54, 1.807) is 55.5 Å². The number of fused-ring (bicyclic) bond motifs is 1. The fraction of sp³-hybridized carbons (Fsp3) is 0.0833. The third kappa shape index (κ3) is 3.66. The second-order valence-corrected chi connectivity index (χ2v) is 7.52. The Morgan fingerprint density at radius 3 is 2.65 bits per heavy atom. The van der Waals surface area contributed by atoms with Crippen molar-refractivity contribution in [1.82, 2.24) is 9.78 Å². The number of aromatic amines is 1. The van der Waals surface area contributed by atoms with Gasteiger partial charge in [-0.1, -0.05) is 24.3 Å². The first-order valence-corrected chi connectivity index (χ1v) is 10.2. The van der Waals surface area contributed by atoms with Gasteiger partial charge < -0.3 is 19.7 Å². The molecule has 4 aromatic rings. The maximum atomic E-state index is 13.0. The van der Waals surface area contributed by atoms with Crippen LogP contribution in [0.15, 0.2) is 75.7 Å². The maximum Gasteiger partial charge on any atom is 0.335 e. The molecule has 0 fully saturated rings. The van der Waals surface area contributed by atoms with E-state index in [0.29, 0.717) is 34.0 Å². The van der Waals surface area contributed by atoms with Gasteiger partial charge in [-0.3, -0.25) is 9.89 Å². The Labute approximate surface area is 192 Å². The minimum atomic E-state index is -1.07. The number of benzene rings is 3. The number of hydrogen-bond acceptors (Lipinski definition) is 7. The molecular formula is C24H18N4O6. The van der Waals surface area contributed by atoms with Crippen LogP contribution in [0.1, 0.15) is 16.1 Å². The Balaban J connectivity index is 1.49. The summed E-state index contributed by atoms with van der Waals surface area (Å²) in [5, 5.41) is 31.1. The summed E-state index contributed by atoms with van der Waals surface area (Å²) in [6.07, 6.45) is 0. The van der Waals surface area contributed by atoms with Crippen molar-refractivity contribution in [3.8, 4) is 34.1 Å². The number of nitrogens with zero attached hydrogens (tertiary/aromatic N) is 3. The summed E-state index contributed by atoms with van der Waals surface area (Å²) in [4.78, 5) is 24.2. The van der Waals surface area contributed by atoms with E-state index in [4.69, 9.17) is 9.47 Å². The van der Waals surface area contributed by atoms with Crippen LogP contribution < -0.4 is 15.0 Å². The third-order valence-corrected chi connectivity index (χ3v) is 5.35. The monoisotopic (exact) mass is 458 g/mol. The minimum absolute atomic E-state index is 0.0790. The summed E-state index contributed by atoms with van der Waals surface area (Å²) >= 11 is 0. The molecule has 170 valence electrons. The van der Waals surface area contributed by atoms with Gasteiger partial charge in [-0.25, -0.2) is 9.48 Å². The fourth-order valence-corrected chi connectivity index (χ4v) is 3.63. The highest BCUT2D eigenvalue weighted by molar-refractivity contribution is 5.90. The number of carbonyl (C=O) groups is 1. The van der Waals surface area contributed by atoms with Crippen LogP contribution in [-0.4, -0.2) is 32.8 Å². The first kappa shape index (κ1) is 21.0. The SMILES string of the molecule is Cc1[nH]n(-c2ccc3c(c2)OCO3)c(=O)c1N=Nc1cccc(-c2cccc(C(=O)O)c2)c1O. The molecule has 0 atom stereocenters. The van der Waals surface area contributed by atoms with Gasteiger partial charge in [0.2, 0.25) is 6.79 Å². The number of phenols is 1. The van der Waals surface area contributed by atoms with Crippen LogP contribution >= 0.6 is 0 Å². The molecular weight excluding hydrogens is 440 g/mol. The van der Waals surface area contributed by atoms with Crippen LogP contribution in [0.2, 0.25) is 0 Å². The highest BCUT2D eigenvalue weighted by Gasteiger charge is 2.18. The summed E-state index contributed by atoms with van der Waals surface area (Å²) in [6, 6.07) is 16.1. The number of phenolic OH excluding ortho intramolecular Hbond substituents is 1. The van der Waals surface area contributed by atoms with Crippen molar-refractivity contribution in [1.29, 1.82) is 0 Å². The summed E-state index contributed by atoms with van der Waals surface area (Å²) in [5.74, 6) is -0.116. The van der Waals surface area contributed by atoms with Crippen LogP contribution in [0.3, 0.4) is 0 Å². The molecule has 10 nitrogen and oxygen atoms in total. The lowest BCUT2D eigenvalue weighted by Crippen LogP contribution is -2.13. The number of nitrogens with one attached hydrogen (secondary N) is 1. The second kappa shape index (κ2) is 8.24. The number of carboxylic acids is 1. The van der Waals surface area contributed by atoms with Crippen molar-refractivity contribution in [2.75, 3.05) is 6.79 Å². The average molecular weight is 458 g/mol. The minimum Gasteiger partial charge on any atom is -0.505 e. The van der Waals surface area contributed by atoms with Crippen molar-refractivity contribution in [2.24, 2.45) is 10.2 Å². The third-order valence-electron chi connectivity index (χ3n) is 5.35. The van der Waals surface area contributed by atoms with E-state index >= 15 is 0 Å². The van der Waals surface area contributed by atoms with Gasteiger partial charge in [-0.2, -0.15) is 0 Å². The van der Waals surface area contributed by atoms with Crippen LogP contribution in [-0.2, 0) is 0 Å². The molecule has 2 heterocycles. The lowest BCUT2D eigenvalue weighted by molar-refractivity contribution is 0.0697. The van der Waals surface area contributed by atoms with Gasteiger partial charge in [0, 0.05) is 11.6 Å². The van der Waals surface area contributed by atoms with Crippen molar-refractivity contribution >= 4 is 17.3 Å². The number of ether oxygens (including phenoxy) is 2. The molecule has 5 rings (SSSR count). The van der Waals surface area contributed by atoms with Crippen molar-refractivity contribution in [3.63, 3.8) is 0 Å². The fourth-order valence-electron chi connectivity index (χ4n) is 3.63. The van der Waals surface area contributed by atoms with Crippen LogP contribution in [0.25, 0.3) is 16.8 Å². The molecule has 34 heavy (non-hydrogen) atoms. The van der Waals surface area contributed by atoms with Crippen LogP contribution in [0.4, 0.5) is 11.4 Å². The zero-order valence-corrected chi connectivity index (χ0v) is 17.8. The molecule has 0 saturated heterocycles. The molecule has 0 spiro atoms. The first-order chi connectivity index (χ1) is 16.4. The zero-order valence-electron chi connectivity index (χ0n) is 17.8. The number of para-hydroxylation sites is 1. The molecule has 0 aliphatic carbocycles. The second-order valence-electron chi connectivity index (χ2n) is 7.52. The largest absolute Gasteiger partial charge is 0.505 e. The molecule has 0 radical (unpaired) electrons. The predicted molar refractivity (Wildman–Crippen MR) is 122 cm³/mol. The normalized spacial score (nSPS) is 12.4. The van der Waals surface area contributed by atoms with E-state index in [1.807, 2.05) is 0 Å². The van der Waals surface area contributed by atoms with Gasteiger partial charge in [0.1, 0.15) is 5.69 Å². The molecule has 3 N–H and O–H groups in total. The number of aromatic nitrogens is 2. The molecule has 1 aliphatic heterocycles. The standard InChI is InChI=1S/C24H18N4O6/c1-13-21(23(30)28(27-13)16-8-9-19-20(11-16)34-12-33-19)26-25-18-7-3-6-17(22(18)29)14-4-2-5-15(10-14)24(31)32/h2-11,27,29H,12H2,1H3,(H,31,32). The lowest BCUT2D eigenvalue weighted by atomic mass is 10.0. The number of aromatic carboxylic acids is 1. The highest BCUT2D eigenvalue weighted by atomic mass is 16.7. The first-order valence-electron chi connectivity index (χ1n) is 10.2. The number of rotatable bonds is 5. The Kier molecular flexibility index (Phi) is 5.09. The number of aryl methyl sites for hydroxylation is 1. The molecule has 3 aromatic carbocycles. The Morgan fingerprint density at radius 2 is 1.82 bits per heavy atom. The van der Waals surface area contributed by atoms with Crippen molar-refractivity contribution < 1.29 is 24.5 Å². The molecule has 0 saturated carbocycles. The van der Waals surface area contributed by atoms with Gasteiger partial charge in [-0.15, -0.1) is 10.2 Å². The van der Waals surface area contributed by atoms with Gasteiger partial charge in [0.05, 0.1) is 16.9 Å². The zero-order chi connectivity index (χ0) is 23.8. The molecule has 10 heteroatoms. The van der Waals surface area contributed by atoms with E-state index in [2.05, 4.69) is 15.3 Å². The van der Waals surface area contributed by atoms with Gasteiger partial charge in [-0.05, 0) is 42.8 Å². The number of hydrogen-bond donors (Lipinski definition) is 3. The average Bonchev–Trinajstić information content (AvgIpc) is 3.42. The smallest absolute Gasteiger partial charge is 0.335 e. The Morgan fingerprint density at radius 1 is 1.03 bits per heavy atom. The quantitative estimate of drug-likeness (QED) is 0.371. The molecule has 0 amide bonds. The Bertz CT molecular complexity index is 1520. The molecule has 1 aromatic heterocycles. The Hall–Kier alpha value is -4.86. The number of azo groups is 1. The number of H-pyrrole nitrogens is 1. The van der Waals surface area contributed by atoms with E-state index in [9.17, 15) is 19.8 Å². The van der Waals surface area contributed by atoms with E-state index in [-0.39, 0.29) is 29.5 Å². The van der Waals surface area contributed by atoms with Crippen LogP contribution in [0.5, 0.6) is 17.2 Å². The summed E-state index contributed by atoms with van der Waals surface area (Å²) < 4.78 is 12.0. The highest BCUT2D eigenvalue weighted by Crippen LogP contribution is 2.38. The topological polar surface area (TPSA) is 138 Å². The van der Waals surface area contributed by atoms with E-state index in [1.165, 1.54) is 16.8 Å². The summed E-state index contributed by atoms with van der Waals surface area (Å²) in [6.45, 7) is 1.81. The van der Waals surface area contributed by atoms with Crippen molar-refractivity contribution in [3.05, 3.63) is 82.3 Å². The predicted octanol–water partition coefficient (Wildman–Crippen LogP) is 4.69. The molecule has 1 aliphatic rings. The van der Waals surface area contributed by atoms with Gasteiger partial charge in [0.15, 0.2) is 22.9 Å². The lowest BCUT2D eigenvalue weighted by Gasteiger charge is -2.07. The molecule has 0 unspecified atom stereocenters. The van der Waals surface area contributed by atoms with Gasteiger partial charge in [0.25, 0.3) is 5.56 Å². The van der Waals surface area contributed by atoms with Gasteiger partial charge >= 0.3 is 5.97 Å². The maximum absolute atomic E-state index is 13.0. The van der Waals surface area contributed by atoms with Crippen LogP contribution in [0, 0.1) is 6.92 Å². The number of aromatic hydroxyl groups is 1.